The Labute approximate surface area is 108 Å². The monoisotopic (exact) mass is 246 g/mol. The first-order valence-corrected chi connectivity index (χ1v) is 6.12. The summed E-state index contributed by atoms with van der Waals surface area (Å²) in [5.74, 6) is 0.511. The molecule has 1 aromatic rings. The topological polar surface area (TPSA) is 53.3 Å². The van der Waals surface area contributed by atoms with Gasteiger partial charge in [0.2, 0.25) is 0 Å². The highest BCUT2D eigenvalue weighted by Crippen LogP contribution is 2.19. The van der Waals surface area contributed by atoms with Crippen LogP contribution in [0, 0.1) is 11.3 Å². The molecule has 4 nitrogen and oxygen atoms in total. The average Bonchev–Trinajstić information content (AvgIpc) is 2.40. The fraction of sp³-hybridized carbons (Fsp3) is 0.429. The van der Waals surface area contributed by atoms with E-state index in [0.717, 1.165) is 0 Å². The number of nitrogens with zero attached hydrogens (tertiary/aromatic N) is 2. The Morgan fingerprint density at radius 2 is 2.11 bits per heavy atom. The van der Waals surface area contributed by atoms with Gasteiger partial charge in [-0.2, -0.15) is 5.26 Å². The van der Waals surface area contributed by atoms with E-state index in [1.807, 2.05) is 26.0 Å². The summed E-state index contributed by atoms with van der Waals surface area (Å²) < 4.78 is 5.44. The first-order chi connectivity index (χ1) is 8.74. The van der Waals surface area contributed by atoms with Gasteiger partial charge in [0.1, 0.15) is 5.75 Å². The van der Waals surface area contributed by atoms with Crippen molar-refractivity contribution in [3.63, 3.8) is 0 Å². The molecule has 0 radical (unpaired) electrons. The van der Waals surface area contributed by atoms with Crippen molar-refractivity contribution in [2.24, 2.45) is 0 Å². The molecule has 18 heavy (non-hydrogen) atoms. The SMILES string of the molecule is CCOc1ccccc1C(=O)N(CC)CCC#N. The van der Waals surface area contributed by atoms with Crippen LogP contribution < -0.4 is 4.74 Å². The third kappa shape index (κ3) is 3.49. The molecule has 0 spiro atoms. The van der Waals surface area contributed by atoms with Crippen molar-refractivity contribution < 1.29 is 9.53 Å². The van der Waals surface area contributed by atoms with Gasteiger partial charge in [-0.05, 0) is 26.0 Å². The maximum Gasteiger partial charge on any atom is 0.257 e. The molecule has 0 aliphatic rings. The van der Waals surface area contributed by atoms with Crippen LogP contribution in [0.2, 0.25) is 0 Å². The van der Waals surface area contributed by atoms with Gasteiger partial charge in [-0.1, -0.05) is 12.1 Å². The predicted molar refractivity (Wildman–Crippen MR) is 69.4 cm³/mol. The third-order valence-electron chi connectivity index (χ3n) is 2.58. The number of para-hydroxylation sites is 1. The lowest BCUT2D eigenvalue weighted by molar-refractivity contribution is 0.0763. The van der Waals surface area contributed by atoms with Gasteiger partial charge in [0.25, 0.3) is 5.91 Å². The summed E-state index contributed by atoms with van der Waals surface area (Å²) in [5, 5.41) is 8.59. The Morgan fingerprint density at radius 1 is 1.39 bits per heavy atom. The van der Waals surface area contributed by atoms with Crippen LogP contribution in [-0.2, 0) is 0 Å². The van der Waals surface area contributed by atoms with E-state index in [9.17, 15) is 4.79 Å². The molecule has 4 heteroatoms. The molecule has 0 heterocycles. The minimum absolute atomic E-state index is 0.0863. The highest BCUT2D eigenvalue weighted by Gasteiger charge is 2.17. The highest BCUT2D eigenvalue weighted by atomic mass is 16.5. The quantitative estimate of drug-likeness (QED) is 0.774. The van der Waals surface area contributed by atoms with E-state index in [4.69, 9.17) is 10.00 Å². The fourth-order valence-electron chi connectivity index (χ4n) is 1.68. The zero-order valence-corrected chi connectivity index (χ0v) is 10.8. The van der Waals surface area contributed by atoms with E-state index >= 15 is 0 Å². The minimum atomic E-state index is -0.0863. The van der Waals surface area contributed by atoms with E-state index in [-0.39, 0.29) is 5.91 Å². The molecule has 0 aromatic heterocycles. The zero-order valence-electron chi connectivity index (χ0n) is 10.8. The molecule has 0 aliphatic carbocycles. The molecule has 1 rings (SSSR count). The van der Waals surface area contributed by atoms with Crippen molar-refractivity contribution in [3.05, 3.63) is 29.8 Å². The second-order valence-corrected chi connectivity index (χ2v) is 3.72. The number of rotatable bonds is 6. The van der Waals surface area contributed by atoms with Gasteiger partial charge < -0.3 is 9.64 Å². The van der Waals surface area contributed by atoms with Crippen LogP contribution >= 0.6 is 0 Å². The molecule has 1 amide bonds. The second-order valence-electron chi connectivity index (χ2n) is 3.72. The molecular formula is C14H18N2O2. The Hall–Kier alpha value is -2.02. The van der Waals surface area contributed by atoms with Crippen LogP contribution in [-0.4, -0.2) is 30.5 Å². The van der Waals surface area contributed by atoms with E-state index in [1.54, 1.807) is 17.0 Å². The molecule has 96 valence electrons. The van der Waals surface area contributed by atoms with Crippen LogP contribution in [0.4, 0.5) is 0 Å². The number of nitriles is 1. The van der Waals surface area contributed by atoms with Gasteiger partial charge in [0, 0.05) is 13.1 Å². The first-order valence-electron chi connectivity index (χ1n) is 6.12. The van der Waals surface area contributed by atoms with Crippen molar-refractivity contribution in [1.29, 1.82) is 5.26 Å². The first kappa shape index (κ1) is 14.0. The number of hydrogen-bond donors (Lipinski definition) is 0. The number of amides is 1. The van der Waals surface area contributed by atoms with Gasteiger partial charge in [-0.25, -0.2) is 0 Å². The third-order valence-corrected chi connectivity index (χ3v) is 2.58. The van der Waals surface area contributed by atoms with Gasteiger partial charge in [0.15, 0.2) is 0 Å². The lowest BCUT2D eigenvalue weighted by Crippen LogP contribution is -2.32. The summed E-state index contributed by atoms with van der Waals surface area (Å²) in [6.45, 7) is 5.34. The summed E-state index contributed by atoms with van der Waals surface area (Å²) >= 11 is 0. The van der Waals surface area contributed by atoms with E-state index in [2.05, 4.69) is 6.07 Å². The number of hydrogen-bond acceptors (Lipinski definition) is 3. The normalized spacial score (nSPS) is 9.61. The van der Waals surface area contributed by atoms with Gasteiger partial charge in [-0.15, -0.1) is 0 Å². The molecule has 0 atom stereocenters. The van der Waals surface area contributed by atoms with Crippen LogP contribution in [0.25, 0.3) is 0 Å². The minimum Gasteiger partial charge on any atom is -0.493 e. The smallest absolute Gasteiger partial charge is 0.257 e. The van der Waals surface area contributed by atoms with E-state index in [1.165, 1.54) is 0 Å². The summed E-state index contributed by atoms with van der Waals surface area (Å²) in [6.07, 6.45) is 0.344. The lowest BCUT2D eigenvalue weighted by atomic mass is 10.1. The van der Waals surface area contributed by atoms with Gasteiger partial charge in [0.05, 0.1) is 24.7 Å². The van der Waals surface area contributed by atoms with Crippen LogP contribution in [0.5, 0.6) is 5.75 Å². The molecule has 0 N–H and O–H groups in total. The molecule has 0 saturated heterocycles. The maximum atomic E-state index is 12.3. The van der Waals surface area contributed by atoms with Crippen molar-refractivity contribution in [3.8, 4) is 11.8 Å². The highest BCUT2D eigenvalue weighted by molar-refractivity contribution is 5.96. The van der Waals surface area contributed by atoms with Crippen molar-refractivity contribution in [1.82, 2.24) is 4.90 Å². The van der Waals surface area contributed by atoms with E-state index in [0.29, 0.717) is 37.4 Å². The zero-order chi connectivity index (χ0) is 13.4. The standard InChI is InChI=1S/C14H18N2O2/c1-3-16(11-7-10-15)14(17)12-8-5-6-9-13(12)18-4-2/h5-6,8-9H,3-4,7,11H2,1-2H3. The lowest BCUT2D eigenvalue weighted by Gasteiger charge is -2.20. The van der Waals surface area contributed by atoms with E-state index < -0.39 is 0 Å². The number of carbonyl (C=O) groups is 1. The predicted octanol–water partition coefficient (Wildman–Crippen LogP) is 2.46. The largest absolute Gasteiger partial charge is 0.493 e. The Kier molecular flexibility index (Phi) is 5.72. The summed E-state index contributed by atoms with van der Waals surface area (Å²) in [6, 6.07) is 9.25. The molecular weight excluding hydrogens is 228 g/mol. The van der Waals surface area contributed by atoms with Gasteiger partial charge in [-0.3, -0.25) is 4.79 Å². The summed E-state index contributed by atoms with van der Waals surface area (Å²) in [7, 11) is 0. The fourth-order valence-corrected chi connectivity index (χ4v) is 1.68. The second kappa shape index (κ2) is 7.33. The van der Waals surface area contributed by atoms with Crippen molar-refractivity contribution >= 4 is 5.91 Å². The molecule has 0 saturated carbocycles. The molecule has 0 bridgehead atoms. The number of ether oxygens (including phenoxy) is 1. The number of benzene rings is 1. The molecule has 1 aromatic carbocycles. The van der Waals surface area contributed by atoms with Crippen LogP contribution in [0.15, 0.2) is 24.3 Å². The summed E-state index contributed by atoms with van der Waals surface area (Å²) in [5.41, 5.74) is 0.555. The Balaban J connectivity index is 2.91. The van der Waals surface area contributed by atoms with Gasteiger partial charge >= 0.3 is 0 Å². The summed E-state index contributed by atoms with van der Waals surface area (Å²) in [4.78, 5) is 14.0. The molecule has 0 aliphatic heterocycles. The average molecular weight is 246 g/mol. The van der Waals surface area contributed by atoms with Crippen LogP contribution in [0.1, 0.15) is 30.6 Å². The van der Waals surface area contributed by atoms with Crippen molar-refractivity contribution in [2.75, 3.05) is 19.7 Å². The maximum absolute atomic E-state index is 12.3. The van der Waals surface area contributed by atoms with Crippen molar-refractivity contribution in [2.45, 2.75) is 20.3 Å². The Bertz CT molecular complexity index is 438. The Morgan fingerprint density at radius 3 is 2.72 bits per heavy atom. The number of carbonyl (C=O) groups excluding carboxylic acids is 1. The van der Waals surface area contributed by atoms with Crippen LogP contribution in [0.3, 0.4) is 0 Å². The molecule has 0 fully saturated rings. The molecule has 0 unspecified atom stereocenters.